The second-order valence-corrected chi connectivity index (χ2v) is 5.12. The highest BCUT2D eigenvalue weighted by Crippen LogP contribution is 2.22. The van der Waals surface area contributed by atoms with Gasteiger partial charge in [0.1, 0.15) is 17.4 Å². The van der Waals surface area contributed by atoms with Crippen LogP contribution in [-0.2, 0) is 13.2 Å². The molecule has 0 bridgehead atoms. The average molecular weight is 272 g/mol. The number of aromatic nitrogens is 2. The summed E-state index contributed by atoms with van der Waals surface area (Å²) >= 11 is 1.63. The van der Waals surface area contributed by atoms with Gasteiger partial charge in [0.05, 0.1) is 28.7 Å². The molecule has 0 unspecified atom stereocenters. The van der Waals surface area contributed by atoms with Gasteiger partial charge < -0.3 is 9.84 Å². The van der Waals surface area contributed by atoms with E-state index >= 15 is 0 Å². The van der Waals surface area contributed by atoms with E-state index in [1.165, 1.54) is 0 Å². The fourth-order valence-corrected chi connectivity index (χ4v) is 2.60. The zero-order chi connectivity index (χ0) is 13.1. The Kier molecular flexibility index (Phi) is 3.39. The minimum absolute atomic E-state index is 0.0574. The van der Waals surface area contributed by atoms with Crippen LogP contribution in [0.25, 0.3) is 10.2 Å². The van der Waals surface area contributed by atoms with Crippen molar-refractivity contribution in [3.05, 3.63) is 53.3 Å². The van der Waals surface area contributed by atoms with Crippen molar-refractivity contribution >= 4 is 21.6 Å². The highest BCUT2D eigenvalue weighted by Gasteiger charge is 2.04. The third kappa shape index (κ3) is 2.72. The lowest BCUT2D eigenvalue weighted by Gasteiger charge is -2.03. The first-order chi connectivity index (χ1) is 9.35. The first-order valence-corrected chi connectivity index (χ1v) is 6.70. The van der Waals surface area contributed by atoms with E-state index in [1.54, 1.807) is 29.7 Å². The van der Waals surface area contributed by atoms with E-state index in [0.717, 1.165) is 15.2 Å². The van der Waals surface area contributed by atoms with Crippen LogP contribution in [0.5, 0.6) is 5.75 Å². The van der Waals surface area contributed by atoms with Gasteiger partial charge in [0.25, 0.3) is 0 Å². The SMILES string of the molecule is OCc1ccc(OCc2nc3ccccc3s2)cn1. The van der Waals surface area contributed by atoms with Crippen molar-refractivity contribution < 1.29 is 9.84 Å². The summed E-state index contributed by atoms with van der Waals surface area (Å²) in [6.45, 7) is 0.373. The number of thiazole rings is 1. The molecule has 3 rings (SSSR count). The molecule has 0 spiro atoms. The van der Waals surface area contributed by atoms with Crippen LogP contribution in [0.2, 0.25) is 0 Å². The van der Waals surface area contributed by atoms with Crippen LogP contribution in [0.15, 0.2) is 42.6 Å². The van der Waals surface area contributed by atoms with Gasteiger partial charge in [-0.25, -0.2) is 4.98 Å². The van der Waals surface area contributed by atoms with E-state index < -0.39 is 0 Å². The molecule has 1 N–H and O–H groups in total. The van der Waals surface area contributed by atoms with Gasteiger partial charge in [-0.15, -0.1) is 11.3 Å². The molecule has 0 aliphatic heterocycles. The van der Waals surface area contributed by atoms with E-state index in [1.807, 2.05) is 24.3 Å². The molecule has 2 aromatic heterocycles. The zero-order valence-electron chi connectivity index (χ0n) is 10.1. The Morgan fingerprint density at radius 3 is 2.79 bits per heavy atom. The third-order valence-electron chi connectivity index (χ3n) is 2.66. The number of rotatable bonds is 4. The van der Waals surface area contributed by atoms with Crippen molar-refractivity contribution in [3.8, 4) is 5.75 Å². The second kappa shape index (κ2) is 5.34. The molecule has 0 fully saturated rings. The van der Waals surface area contributed by atoms with Crippen LogP contribution in [0.4, 0.5) is 0 Å². The summed E-state index contributed by atoms with van der Waals surface area (Å²) in [5, 5.41) is 9.84. The molecular weight excluding hydrogens is 260 g/mol. The quantitative estimate of drug-likeness (QED) is 0.793. The number of nitrogens with zero attached hydrogens (tertiary/aromatic N) is 2. The van der Waals surface area contributed by atoms with Gasteiger partial charge in [0.2, 0.25) is 0 Å². The van der Waals surface area contributed by atoms with Crippen molar-refractivity contribution in [2.45, 2.75) is 13.2 Å². The summed E-state index contributed by atoms with van der Waals surface area (Å²) in [6, 6.07) is 11.6. The zero-order valence-corrected chi connectivity index (χ0v) is 10.9. The van der Waals surface area contributed by atoms with Crippen LogP contribution < -0.4 is 4.74 Å². The van der Waals surface area contributed by atoms with Crippen molar-refractivity contribution in [2.75, 3.05) is 0 Å². The number of fused-ring (bicyclic) bond motifs is 1. The molecule has 0 aliphatic rings. The summed E-state index contributed by atoms with van der Waals surface area (Å²) in [4.78, 5) is 8.55. The van der Waals surface area contributed by atoms with Crippen LogP contribution in [0.1, 0.15) is 10.7 Å². The fraction of sp³-hybridized carbons (Fsp3) is 0.143. The molecule has 0 atom stereocenters. The molecule has 0 aliphatic carbocycles. The van der Waals surface area contributed by atoms with Crippen molar-refractivity contribution in [2.24, 2.45) is 0 Å². The number of hydrogen-bond acceptors (Lipinski definition) is 5. The first kappa shape index (κ1) is 12.1. The van der Waals surface area contributed by atoms with Crippen LogP contribution in [-0.4, -0.2) is 15.1 Å². The molecule has 2 heterocycles. The molecular formula is C14H12N2O2S. The average Bonchev–Trinajstić information content (AvgIpc) is 2.88. The molecule has 4 nitrogen and oxygen atoms in total. The second-order valence-electron chi connectivity index (χ2n) is 4.01. The van der Waals surface area contributed by atoms with Gasteiger partial charge in [-0.05, 0) is 24.3 Å². The Bertz CT molecular complexity index is 646. The summed E-state index contributed by atoms with van der Waals surface area (Å²) in [5.74, 6) is 0.677. The maximum absolute atomic E-state index is 8.91. The van der Waals surface area contributed by atoms with E-state index in [9.17, 15) is 0 Å². The predicted octanol–water partition coefficient (Wildman–Crippen LogP) is 2.76. The molecule has 0 amide bonds. The number of aliphatic hydroxyl groups excluding tert-OH is 1. The van der Waals surface area contributed by atoms with Gasteiger partial charge in [-0.3, -0.25) is 4.98 Å². The normalized spacial score (nSPS) is 10.8. The Hall–Kier alpha value is -1.98. The maximum Gasteiger partial charge on any atom is 0.140 e. The van der Waals surface area contributed by atoms with E-state index in [2.05, 4.69) is 9.97 Å². The summed E-state index contributed by atoms with van der Waals surface area (Å²) in [6.07, 6.45) is 1.61. The third-order valence-corrected chi connectivity index (χ3v) is 3.67. The van der Waals surface area contributed by atoms with Gasteiger partial charge in [0, 0.05) is 0 Å². The number of para-hydroxylation sites is 1. The smallest absolute Gasteiger partial charge is 0.140 e. The summed E-state index contributed by atoms with van der Waals surface area (Å²) < 4.78 is 6.79. The number of aliphatic hydroxyl groups is 1. The minimum Gasteiger partial charge on any atom is -0.485 e. The first-order valence-electron chi connectivity index (χ1n) is 5.88. The molecule has 5 heteroatoms. The Balaban J connectivity index is 1.70. The molecule has 96 valence electrons. The number of pyridine rings is 1. The van der Waals surface area contributed by atoms with Gasteiger partial charge in [0.15, 0.2) is 0 Å². The molecule has 1 aromatic carbocycles. The number of ether oxygens (including phenoxy) is 1. The summed E-state index contributed by atoms with van der Waals surface area (Å²) in [7, 11) is 0. The lowest BCUT2D eigenvalue weighted by Crippen LogP contribution is -1.96. The maximum atomic E-state index is 8.91. The highest BCUT2D eigenvalue weighted by atomic mass is 32.1. The monoisotopic (exact) mass is 272 g/mol. The van der Waals surface area contributed by atoms with Crippen LogP contribution in [0, 0.1) is 0 Å². The molecule has 0 radical (unpaired) electrons. The van der Waals surface area contributed by atoms with E-state index in [-0.39, 0.29) is 6.61 Å². The molecule has 0 saturated carbocycles. The largest absolute Gasteiger partial charge is 0.485 e. The highest BCUT2D eigenvalue weighted by molar-refractivity contribution is 7.18. The topological polar surface area (TPSA) is 55.2 Å². The predicted molar refractivity (Wildman–Crippen MR) is 74.1 cm³/mol. The fourth-order valence-electron chi connectivity index (χ4n) is 1.72. The Morgan fingerprint density at radius 2 is 2.05 bits per heavy atom. The van der Waals surface area contributed by atoms with Crippen molar-refractivity contribution in [1.29, 1.82) is 0 Å². The Labute approximate surface area is 114 Å². The lowest BCUT2D eigenvalue weighted by atomic mass is 10.3. The van der Waals surface area contributed by atoms with E-state index in [0.29, 0.717) is 18.1 Å². The summed E-state index contributed by atoms with van der Waals surface area (Å²) in [5.41, 5.74) is 1.63. The Morgan fingerprint density at radius 1 is 1.16 bits per heavy atom. The standard InChI is InChI=1S/C14H12N2O2S/c17-8-10-5-6-11(7-15-10)18-9-14-16-12-3-1-2-4-13(12)19-14/h1-7,17H,8-9H2. The van der Waals surface area contributed by atoms with Gasteiger partial charge >= 0.3 is 0 Å². The number of benzene rings is 1. The van der Waals surface area contributed by atoms with Gasteiger partial charge in [-0.2, -0.15) is 0 Å². The lowest BCUT2D eigenvalue weighted by molar-refractivity contribution is 0.275. The van der Waals surface area contributed by atoms with Gasteiger partial charge in [-0.1, -0.05) is 12.1 Å². The van der Waals surface area contributed by atoms with E-state index in [4.69, 9.17) is 9.84 Å². The number of hydrogen-bond donors (Lipinski definition) is 1. The molecule has 3 aromatic rings. The molecule has 19 heavy (non-hydrogen) atoms. The minimum atomic E-state index is -0.0574. The van der Waals surface area contributed by atoms with Crippen LogP contribution >= 0.6 is 11.3 Å². The van der Waals surface area contributed by atoms with Crippen molar-refractivity contribution in [3.63, 3.8) is 0 Å². The molecule has 0 saturated heterocycles. The van der Waals surface area contributed by atoms with Crippen LogP contribution in [0.3, 0.4) is 0 Å². The van der Waals surface area contributed by atoms with Crippen molar-refractivity contribution in [1.82, 2.24) is 9.97 Å².